The van der Waals surface area contributed by atoms with E-state index in [2.05, 4.69) is 9.88 Å². The Morgan fingerprint density at radius 2 is 1.78 bits per heavy atom. The van der Waals surface area contributed by atoms with Crippen molar-refractivity contribution >= 4 is 33.2 Å². The number of hydrogen-bond donors (Lipinski definition) is 0. The van der Waals surface area contributed by atoms with Crippen LogP contribution in [0.2, 0.25) is 5.02 Å². The zero-order chi connectivity index (χ0) is 31.3. The molecular formula is C33H33ClN4O6S. The largest absolute Gasteiger partial charge is 0.497 e. The molecule has 0 spiro atoms. The summed E-state index contributed by atoms with van der Waals surface area (Å²) in [6.45, 7) is 3.16. The van der Waals surface area contributed by atoms with Crippen LogP contribution in [0.1, 0.15) is 47.9 Å². The number of rotatable bonds is 9. The summed E-state index contributed by atoms with van der Waals surface area (Å²) in [5, 5.41) is 0.372. The average Bonchev–Trinajstić information content (AvgIpc) is 3.78. The van der Waals surface area contributed by atoms with Crippen molar-refractivity contribution in [3.8, 4) is 11.5 Å². The Morgan fingerprint density at radius 3 is 2.44 bits per heavy atom. The zero-order valence-electron chi connectivity index (χ0n) is 25.0. The second-order valence-electron chi connectivity index (χ2n) is 11.5. The van der Waals surface area contributed by atoms with Gasteiger partial charge in [-0.2, -0.15) is 0 Å². The molecule has 2 atom stereocenters. The van der Waals surface area contributed by atoms with Crippen LogP contribution < -0.4 is 13.8 Å². The standard InChI is InChI=1S/C33H33ClN4O6S/c1-42-24-8-10-25(11-9-24)45(40,41)38-28-12-7-23(34)20-26(28)33(32(38)39,37-17-3-5-29(37)31-35-14-18-44-31)27-19-22(6-13-30(27)43-2)21-36-15-4-16-36/h6-14,18-20,29H,3-5,15-17,21H2,1-2H3. The van der Waals surface area contributed by atoms with Crippen molar-refractivity contribution in [1.82, 2.24) is 14.8 Å². The second-order valence-corrected chi connectivity index (χ2v) is 13.7. The minimum Gasteiger partial charge on any atom is -0.497 e. The van der Waals surface area contributed by atoms with Crippen molar-refractivity contribution in [1.29, 1.82) is 0 Å². The molecule has 3 aliphatic heterocycles. The van der Waals surface area contributed by atoms with Crippen LogP contribution in [0.25, 0.3) is 0 Å². The molecule has 1 aromatic heterocycles. The lowest BCUT2D eigenvalue weighted by molar-refractivity contribution is -0.127. The van der Waals surface area contributed by atoms with Crippen molar-refractivity contribution in [3.05, 3.63) is 101 Å². The summed E-state index contributed by atoms with van der Waals surface area (Å²) in [5.74, 6) is 0.769. The maximum Gasteiger partial charge on any atom is 0.271 e. The SMILES string of the molecule is COc1ccc(S(=O)(=O)N2C(=O)C(c3cc(CN4CCC4)ccc3OC)(N3CCCC3c3ncco3)c3cc(Cl)ccc32)cc1. The molecule has 12 heteroatoms. The topological polar surface area (TPSA) is 105 Å². The average molecular weight is 649 g/mol. The van der Waals surface area contributed by atoms with Crippen LogP contribution in [0, 0.1) is 0 Å². The fourth-order valence-electron chi connectivity index (χ4n) is 6.89. The van der Waals surface area contributed by atoms with Gasteiger partial charge in [0.1, 0.15) is 17.8 Å². The molecule has 0 aliphatic carbocycles. The lowest BCUT2D eigenvalue weighted by Crippen LogP contribution is -2.54. The summed E-state index contributed by atoms with van der Waals surface area (Å²) in [6, 6.07) is 16.3. The normalized spacial score (nSPS) is 22.0. The summed E-state index contributed by atoms with van der Waals surface area (Å²) in [7, 11) is -1.33. The number of carbonyl (C=O) groups excluding carboxylic acids is 1. The Balaban J connectivity index is 1.50. The van der Waals surface area contributed by atoms with Gasteiger partial charge in [0.25, 0.3) is 15.9 Å². The van der Waals surface area contributed by atoms with Crippen LogP contribution in [-0.4, -0.2) is 63.0 Å². The number of nitrogens with zero attached hydrogens (tertiary/aromatic N) is 4. The number of aromatic nitrogens is 1. The first kappa shape index (κ1) is 29.8. The number of amides is 1. The van der Waals surface area contributed by atoms with Gasteiger partial charge in [-0.3, -0.25) is 14.6 Å². The van der Waals surface area contributed by atoms with E-state index in [0.717, 1.165) is 35.8 Å². The van der Waals surface area contributed by atoms with Crippen molar-refractivity contribution in [2.45, 2.75) is 42.3 Å². The van der Waals surface area contributed by atoms with Crippen molar-refractivity contribution in [2.75, 3.05) is 38.2 Å². The molecule has 10 nitrogen and oxygen atoms in total. The van der Waals surface area contributed by atoms with Gasteiger partial charge in [-0.15, -0.1) is 0 Å². The summed E-state index contributed by atoms with van der Waals surface area (Å²) >= 11 is 6.66. The maximum absolute atomic E-state index is 15.4. The summed E-state index contributed by atoms with van der Waals surface area (Å²) in [4.78, 5) is 24.2. The first-order valence-electron chi connectivity index (χ1n) is 14.9. The molecule has 0 bridgehead atoms. The van der Waals surface area contributed by atoms with Crippen LogP contribution in [0.15, 0.2) is 82.4 Å². The van der Waals surface area contributed by atoms with Gasteiger partial charge in [0.2, 0.25) is 5.89 Å². The number of sulfonamides is 1. The molecule has 0 N–H and O–H groups in total. The molecule has 3 aliphatic rings. The van der Waals surface area contributed by atoms with Gasteiger partial charge >= 0.3 is 0 Å². The minimum absolute atomic E-state index is 0.0440. The zero-order valence-corrected chi connectivity index (χ0v) is 26.6. The van der Waals surface area contributed by atoms with Gasteiger partial charge in [-0.05, 0) is 92.5 Å². The van der Waals surface area contributed by atoms with E-state index in [0.29, 0.717) is 53.0 Å². The maximum atomic E-state index is 15.4. The van der Waals surface area contributed by atoms with E-state index >= 15 is 4.79 Å². The number of carbonyl (C=O) groups is 1. The number of hydrogen-bond acceptors (Lipinski definition) is 9. The van der Waals surface area contributed by atoms with Crippen LogP contribution >= 0.6 is 11.6 Å². The fraction of sp³-hybridized carbons (Fsp3) is 0.333. The lowest BCUT2D eigenvalue weighted by atomic mass is 9.80. The molecule has 0 saturated carbocycles. The van der Waals surface area contributed by atoms with E-state index in [1.807, 2.05) is 23.1 Å². The van der Waals surface area contributed by atoms with E-state index in [1.165, 1.54) is 25.5 Å². The predicted molar refractivity (Wildman–Crippen MR) is 168 cm³/mol. The van der Waals surface area contributed by atoms with Crippen molar-refractivity contribution in [3.63, 3.8) is 0 Å². The Morgan fingerprint density at radius 1 is 0.978 bits per heavy atom. The van der Waals surface area contributed by atoms with E-state index in [9.17, 15) is 8.42 Å². The molecule has 4 aromatic rings. The monoisotopic (exact) mass is 648 g/mol. The molecule has 2 saturated heterocycles. The third-order valence-corrected chi connectivity index (χ3v) is 11.0. The number of anilines is 1. The number of ether oxygens (including phenoxy) is 2. The molecule has 2 fully saturated rings. The van der Waals surface area contributed by atoms with Crippen LogP contribution in [0.3, 0.4) is 0 Å². The highest BCUT2D eigenvalue weighted by Gasteiger charge is 2.62. The molecule has 234 valence electrons. The first-order valence-corrected chi connectivity index (χ1v) is 16.7. The number of methoxy groups -OCH3 is 2. The molecular weight excluding hydrogens is 616 g/mol. The second kappa shape index (κ2) is 11.5. The van der Waals surface area contributed by atoms with E-state index in [-0.39, 0.29) is 10.6 Å². The highest BCUT2D eigenvalue weighted by atomic mass is 35.5. The van der Waals surface area contributed by atoms with Crippen LogP contribution in [0.5, 0.6) is 11.5 Å². The number of likely N-dealkylation sites (tertiary alicyclic amines) is 2. The van der Waals surface area contributed by atoms with Gasteiger partial charge < -0.3 is 13.9 Å². The highest BCUT2D eigenvalue weighted by Crippen LogP contribution is 2.57. The number of oxazole rings is 1. The third kappa shape index (κ3) is 4.72. The Kier molecular flexibility index (Phi) is 7.60. The molecule has 1 amide bonds. The Hall–Kier alpha value is -3.90. The van der Waals surface area contributed by atoms with E-state index in [1.54, 1.807) is 43.6 Å². The lowest BCUT2D eigenvalue weighted by Gasteiger charge is -2.41. The van der Waals surface area contributed by atoms with Crippen molar-refractivity contribution in [2.24, 2.45) is 0 Å². The summed E-state index contributed by atoms with van der Waals surface area (Å²) < 4.78 is 46.9. The first-order chi connectivity index (χ1) is 21.8. The van der Waals surface area contributed by atoms with Gasteiger partial charge in [0, 0.05) is 29.2 Å². The van der Waals surface area contributed by atoms with E-state index in [4.69, 9.17) is 25.5 Å². The Labute approximate surface area is 267 Å². The molecule has 0 radical (unpaired) electrons. The highest BCUT2D eigenvalue weighted by molar-refractivity contribution is 7.93. The fourth-order valence-corrected chi connectivity index (χ4v) is 8.52. The molecule has 2 unspecified atom stereocenters. The van der Waals surface area contributed by atoms with Crippen LogP contribution in [-0.2, 0) is 26.9 Å². The summed E-state index contributed by atoms with van der Waals surface area (Å²) in [5.41, 5.74) is 0.585. The molecule has 45 heavy (non-hydrogen) atoms. The van der Waals surface area contributed by atoms with E-state index < -0.39 is 27.5 Å². The summed E-state index contributed by atoms with van der Waals surface area (Å²) in [6.07, 6.45) is 5.62. The molecule has 3 aromatic carbocycles. The van der Waals surface area contributed by atoms with Gasteiger partial charge in [-0.1, -0.05) is 17.7 Å². The molecule has 4 heterocycles. The van der Waals surface area contributed by atoms with Gasteiger partial charge in [0.05, 0.1) is 37.0 Å². The van der Waals surface area contributed by atoms with Crippen LogP contribution in [0.4, 0.5) is 5.69 Å². The number of halogens is 1. The Bertz CT molecular complexity index is 1850. The number of fused-ring (bicyclic) bond motifs is 1. The quantitative estimate of drug-likeness (QED) is 0.237. The predicted octanol–water partition coefficient (Wildman–Crippen LogP) is 5.37. The smallest absolute Gasteiger partial charge is 0.271 e. The third-order valence-electron chi connectivity index (χ3n) is 9.09. The van der Waals surface area contributed by atoms with Crippen molar-refractivity contribution < 1.29 is 27.1 Å². The molecule has 7 rings (SSSR count). The van der Waals surface area contributed by atoms with Gasteiger partial charge in [-0.25, -0.2) is 17.7 Å². The minimum atomic E-state index is -4.39. The van der Waals surface area contributed by atoms with Gasteiger partial charge in [0.15, 0.2) is 5.54 Å². The number of benzene rings is 3.